The molecule has 2 aliphatic rings. The summed E-state index contributed by atoms with van der Waals surface area (Å²) in [6.45, 7) is 4.36. The molecular weight excluding hydrogens is 372 g/mol. The number of anilines is 2. The average Bonchev–Trinajstić information content (AvgIpc) is 2.71. The van der Waals surface area contributed by atoms with Crippen LogP contribution in [0.1, 0.15) is 32.6 Å². The Morgan fingerprint density at radius 2 is 2.07 bits per heavy atom. The van der Waals surface area contributed by atoms with Gasteiger partial charge in [-0.1, -0.05) is 37.2 Å². The summed E-state index contributed by atoms with van der Waals surface area (Å²) in [6, 6.07) is 13.3. The molecule has 2 unspecified atom stereocenters. The molecule has 1 fully saturated rings. The largest absolute Gasteiger partial charge is 0.505 e. The van der Waals surface area contributed by atoms with Crippen LogP contribution in [0.15, 0.2) is 51.1 Å². The number of thioether (sulfide) groups is 1. The highest BCUT2D eigenvalue weighted by molar-refractivity contribution is 8.00. The van der Waals surface area contributed by atoms with Crippen molar-refractivity contribution in [3.05, 3.63) is 36.4 Å². The lowest BCUT2D eigenvalue weighted by molar-refractivity contribution is 0.287. The van der Waals surface area contributed by atoms with Gasteiger partial charge in [-0.05, 0) is 62.2 Å². The van der Waals surface area contributed by atoms with E-state index < -0.39 is 0 Å². The summed E-state index contributed by atoms with van der Waals surface area (Å²) in [7, 11) is 0. The van der Waals surface area contributed by atoms with Crippen molar-refractivity contribution < 1.29 is 5.11 Å². The molecule has 27 heavy (non-hydrogen) atoms. The third-order valence-electron chi connectivity index (χ3n) is 5.82. The van der Waals surface area contributed by atoms with E-state index in [-0.39, 0.29) is 0 Å². The Kier molecular flexibility index (Phi) is 5.90. The van der Waals surface area contributed by atoms with Crippen molar-refractivity contribution in [3.8, 4) is 5.75 Å². The van der Waals surface area contributed by atoms with Gasteiger partial charge >= 0.3 is 0 Å². The van der Waals surface area contributed by atoms with Crippen molar-refractivity contribution in [3.63, 3.8) is 0 Å². The van der Waals surface area contributed by atoms with Crippen LogP contribution in [0.25, 0.3) is 0 Å². The summed E-state index contributed by atoms with van der Waals surface area (Å²) < 4.78 is 0. The Bertz CT molecular complexity index is 811. The molecule has 0 bridgehead atoms. The number of hydrogen-bond donors (Lipinski definition) is 2. The SMILES string of the molecule is CCC1CCNC(CCN2c3ccccc3Sc3ccc(SC)c(O)c32)C1. The van der Waals surface area contributed by atoms with Crippen LogP contribution in [0.3, 0.4) is 0 Å². The van der Waals surface area contributed by atoms with E-state index in [0.29, 0.717) is 11.8 Å². The maximum atomic E-state index is 11.0. The van der Waals surface area contributed by atoms with Crippen LogP contribution in [0.5, 0.6) is 5.75 Å². The maximum Gasteiger partial charge on any atom is 0.153 e. The lowest BCUT2D eigenvalue weighted by Crippen LogP contribution is -2.40. The second kappa shape index (κ2) is 8.38. The Morgan fingerprint density at radius 1 is 1.22 bits per heavy atom. The van der Waals surface area contributed by atoms with Crippen LogP contribution in [0.2, 0.25) is 0 Å². The minimum Gasteiger partial charge on any atom is -0.505 e. The van der Waals surface area contributed by atoms with E-state index in [9.17, 15) is 5.11 Å². The molecule has 2 N–H and O–H groups in total. The minimum atomic E-state index is 0.421. The maximum absolute atomic E-state index is 11.0. The van der Waals surface area contributed by atoms with Gasteiger partial charge in [0, 0.05) is 22.4 Å². The molecular formula is C22H28N2OS2. The topological polar surface area (TPSA) is 35.5 Å². The molecule has 2 heterocycles. The van der Waals surface area contributed by atoms with E-state index in [1.807, 2.05) is 12.3 Å². The van der Waals surface area contributed by atoms with E-state index in [2.05, 4.69) is 47.5 Å². The number of aromatic hydroxyl groups is 1. The van der Waals surface area contributed by atoms with Crippen molar-refractivity contribution >= 4 is 34.9 Å². The van der Waals surface area contributed by atoms with Crippen LogP contribution in [-0.4, -0.2) is 30.5 Å². The highest BCUT2D eigenvalue weighted by atomic mass is 32.2. The van der Waals surface area contributed by atoms with Crippen LogP contribution in [0.4, 0.5) is 11.4 Å². The predicted octanol–water partition coefficient (Wildman–Crippen LogP) is 5.89. The first-order valence-electron chi connectivity index (χ1n) is 9.89. The smallest absolute Gasteiger partial charge is 0.153 e. The molecule has 2 aliphatic heterocycles. The van der Waals surface area contributed by atoms with E-state index in [1.165, 1.54) is 29.8 Å². The van der Waals surface area contributed by atoms with Crippen LogP contribution < -0.4 is 10.2 Å². The number of para-hydroxylation sites is 1. The van der Waals surface area contributed by atoms with Crippen LogP contribution >= 0.6 is 23.5 Å². The number of hydrogen-bond acceptors (Lipinski definition) is 5. The van der Waals surface area contributed by atoms with Crippen LogP contribution in [-0.2, 0) is 0 Å². The molecule has 3 nitrogen and oxygen atoms in total. The Morgan fingerprint density at radius 3 is 2.89 bits per heavy atom. The predicted molar refractivity (Wildman–Crippen MR) is 117 cm³/mol. The van der Waals surface area contributed by atoms with Crippen molar-refractivity contribution in [2.75, 3.05) is 24.2 Å². The Hall–Kier alpha value is -1.30. The standard InChI is InChI=1S/C22H28N2OS2/c1-3-15-10-12-23-16(14-15)11-13-24-17-6-4-5-7-18(17)27-19-8-9-20(26-2)22(25)21(19)24/h4-9,15-16,23,25H,3,10-14H2,1-2H3. The van der Waals surface area contributed by atoms with E-state index in [1.54, 1.807) is 23.5 Å². The molecule has 5 heteroatoms. The molecule has 0 aliphatic carbocycles. The van der Waals surface area contributed by atoms with Crippen molar-refractivity contribution in [2.24, 2.45) is 5.92 Å². The fourth-order valence-corrected chi connectivity index (χ4v) is 5.86. The summed E-state index contributed by atoms with van der Waals surface area (Å²) in [5.41, 5.74) is 2.19. The highest BCUT2D eigenvalue weighted by Crippen LogP contribution is 2.53. The highest BCUT2D eigenvalue weighted by Gasteiger charge is 2.28. The summed E-state index contributed by atoms with van der Waals surface area (Å²) in [5, 5.41) is 14.7. The van der Waals surface area contributed by atoms with E-state index in [4.69, 9.17) is 0 Å². The summed E-state index contributed by atoms with van der Waals surface area (Å²) >= 11 is 3.36. The molecule has 1 saturated heterocycles. The number of benzene rings is 2. The lowest BCUT2D eigenvalue weighted by atomic mass is 9.89. The second-order valence-electron chi connectivity index (χ2n) is 7.42. The minimum absolute atomic E-state index is 0.421. The molecule has 0 amide bonds. The first-order chi connectivity index (χ1) is 13.2. The number of nitrogens with zero attached hydrogens (tertiary/aromatic N) is 1. The van der Waals surface area contributed by atoms with Gasteiger partial charge in [-0.15, -0.1) is 11.8 Å². The van der Waals surface area contributed by atoms with Gasteiger partial charge in [-0.3, -0.25) is 0 Å². The molecule has 0 radical (unpaired) electrons. The Labute approximate surface area is 170 Å². The zero-order valence-electron chi connectivity index (χ0n) is 16.1. The quantitative estimate of drug-likeness (QED) is 0.612. The number of phenols is 1. The molecule has 0 saturated carbocycles. The normalized spacial score (nSPS) is 21.6. The first kappa shape index (κ1) is 19.0. The third-order valence-corrected chi connectivity index (χ3v) is 7.71. The van der Waals surface area contributed by atoms with E-state index in [0.717, 1.165) is 40.9 Å². The Balaban J connectivity index is 1.63. The molecule has 2 aromatic carbocycles. The zero-order chi connectivity index (χ0) is 18.8. The number of rotatable bonds is 5. The average molecular weight is 401 g/mol. The third kappa shape index (κ3) is 3.82. The van der Waals surface area contributed by atoms with Crippen molar-refractivity contribution in [1.82, 2.24) is 5.32 Å². The van der Waals surface area contributed by atoms with Gasteiger partial charge in [0.2, 0.25) is 0 Å². The van der Waals surface area contributed by atoms with Crippen LogP contribution in [0, 0.1) is 5.92 Å². The molecule has 144 valence electrons. The van der Waals surface area contributed by atoms with Gasteiger partial charge in [-0.25, -0.2) is 0 Å². The van der Waals surface area contributed by atoms with Gasteiger partial charge in [0.1, 0.15) is 0 Å². The fourth-order valence-electron chi connectivity index (χ4n) is 4.26. The van der Waals surface area contributed by atoms with Gasteiger partial charge in [-0.2, -0.15) is 0 Å². The summed E-state index contributed by atoms with van der Waals surface area (Å²) in [6.07, 6.45) is 6.97. The number of phenolic OH excluding ortho intramolecular Hbond substituents is 1. The molecule has 0 spiro atoms. The first-order valence-corrected chi connectivity index (χ1v) is 11.9. The summed E-state index contributed by atoms with van der Waals surface area (Å²) in [4.78, 5) is 5.70. The summed E-state index contributed by atoms with van der Waals surface area (Å²) in [5.74, 6) is 1.27. The van der Waals surface area contributed by atoms with Gasteiger partial charge in [0.15, 0.2) is 5.75 Å². The number of nitrogens with one attached hydrogen (secondary N) is 1. The van der Waals surface area contributed by atoms with Gasteiger partial charge in [0.25, 0.3) is 0 Å². The van der Waals surface area contributed by atoms with Crippen molar-refractivity contribution in [1.29, 1.82) is 0 Å². The fraction of sp³-hybridized carbons (Fsp3) is 0.455. The second-order valence-corrected chi connectivity index (χ2v) is 9.35. The van der Waals surface area contributed by atoms with E-state index >= 15 is 0 Å². The van der Waals surface area contributed by atoms with Gasteiger partial charge in [0.05, 0.1) is 16.3 Å². The molecule has 2 aromatic rings. The van der Waals surface area contributed by atoms with Crippen molar-refractivity contribution in [2.45, 2.75) is 53.3 Å². The monoisotopic (exact) mass is 400 g/mol. The zero-order valence-corrected chi connectivity index (χ0v) is 17.7. The molecule has 4 rings (SSSR count). The number of fused-ring (bicyclic) bond motifs is 2. The molecule has 0 aromatic heterocycles. The van der Waals surface area contributed by atoms with Gasteiger partial charge < -0.3 is 15.3 Å². The number of piperidine rings is 1. The molecule has 2 atom stereocenters. The lowest BCUT2D eigenvalue weighted by Gasteiger charge is -2.36.